The third-order valence-electron chi connectivity index (χ3n) is 6.36. The zero-order valence-electron chi connectivity index (χ0n) is 18.8. The predicted molar refractivity (Wildman–Crippen MR) is 115 cm³/mol. The van der Waals surface area contributed by atoms with Crippen molar-refractivity contribution >= 4 is 5.97 Å². The van der Waals surface area contributed by atoms with Gasteiger partial charge in [0.05, 0.1) is 19.3 Å². The topological polar surface area (TPSA) is 94.5 Å². The van der Waals surface area contributed by atoms with Crippen LogP contribution < -0.4 is 14.2 Å². The molecule has 7 nitrogen and oxygen atoms in total. The van der Waals surface area contributed by atoms with Gasteiger partial charge in [0.15, 0.2) is 18.1 Å². The Morgan fingerprint density at radius 3 is 2.84 bits per heavy atom. The minimum atomic E-state index is -0.548. The second-order valence-corrected chi connectivity index (χ2v) is 8.87. The van der Waals surface area contributed by atoms with Crippen molar-refractivity contribution in [2.45, 2.75) is 83.2 Å². The van der Waals surface area contributed by atoms with Crippen LogP contribution in [0.1, 0.15) is 58.8 Å². The van der Waals surface area contributed by atoms with Crippen molar-refractivity contribution in [3.8, 4) is 17.2 Å². The first-order valence-electron chi connectivity index (χ1n) is 11.4. The van der Waals surface area contributed by atoms with E-state index >= 15 is 0 Å². The maximum atomic E-state index is 11.4. The molecular weight excluding hydrogens is 400 g/mol. The lowest BCUT2D eigenvalue weighted by atomic mass is 9.91. The highest BCUT2D eigenvalue weighted by atomic mass is 16.6. The molecule has 6 unspecified atom stereocenters. The Bertz CT molecular complexity index is 722. The van der Waals surface area contributed by atoms with Gasteiger partial charge in [-0.2, -0.15) is 0 Å². The molecule has 31 heavy (non-hydrogen) atoms. The Balaban J connectivity index is 1.59. The molecule has 7 heteroatoms. The first kappa shape index (κ1) is 23.7. The number of carbonyl (C=O) groups excluding carboxylic acids is 1. The molecule has 1 aromatic rings. The highest BCUT2D eigenvalue weighted by molar-refractivity contribution is 5.71. The largest absolute Gasteiger partial charge is 0.482 e. The molecule has 1 heterocycles. The van der Waals surface area contributed by atoms with Crippen molar-refractivity contribution in [3.05, 3.63) is 18.2 Å². The summed E-state index contributed by atoms with van der Waals surface area (Å²) in [6.45, 7) is 4.15. The number of rotatable bonds is 11. The fraction of sp³-hybridized carbons (Fsp3) is 0.708. The molecule has 1 aliphatic heterocycles. The molecule has 2 aliphatic rings. The summed E-state index contributed by atoms with van der Waals surface area (Å²) in [6, 6.07) is 5.28. The number of para-hydroxylation sites is 1. The molecule has 0 aromatic heterocycles. The van der Waals surface area contributed by atoms with Crippen LogP contribution in [0.25, 0.3) is 0 Å². The number of benzene rings is 1. The van der Waals surface area contributed by atoms with Gasteiger partial charge in [0.2, 0.25) is 5.75 Å². The van der Waals surface area contributed by atoms with Gasteiger partial charge in [-0.25, -0.2) is 4.79 Å². The minimum Gasteiger partial charge on any atom is -0.482 e. The quantitative estimate of drug-likeness (QED) is 0.513. The van der Waals surface area contributed by atoms with Gasteiger partial charge in [0.1, 0.15) is 12.2 Å². The number of fused-ring (bicyclic) bond motifs is 2. The Labute approximate surface area is 184 Å². The van der Waals surface area contributed by atoms with Crippen LogP contribution in [0.4, 0.5) is 0 Å². The Morgan fingerprint density at radius 1 is 1.29 bits per heavy atom. The van der Waals surface area contributed by atoms with E-state index in [2.05, 4.69) is 18.6 Å². The predicted octanol–water partition coefficient (Wildman–Crippen LogP) is 3.49. The van der Waals surface area contributed by atoms with Crippen molar-refractivity contribution in [2.75, 3.05) is 13.7 Å². The van der Waals surface area contributed by atoms with Crippen LogP contribution in [0.15, 0.2) is 18.2 Å². The molecule has 174 valence electrons. The molecule has 0 bridgehead atoms. The van der Waals surface area contributed by atoms with Crippen molar-refractivity contribution in [2.24, 2.45) is 11.8 Å². The average Bonchev–Trinajstić information content (AvgIpc) is 3.06. The Kier molecular flexibility index (Phi) is 8.43. The van der Waals surface area contributed by atoms with E-state index in [1.54, 1.807) is 18.2 Å². The lowest BCUT2D eigenvalue weighted by Crippen LogP contribution is -2.40. The van der Waals surface area contributed by atoms with Gasteiger partial charge in [-0.05, 0) is 37.3 Å². The molecule has 1 fully saturated rings. The first-order chi connectivity index (χ1) is 14.9. The van der Waals surface area contributed by atoms with Gasteiger partial charge < -0.3 is 29.2 Å². The van der Waals surface area contributed by atoms with Gasteiger partial charge in [-0.3, -0.25) is 0 Å². The van der Waals surface area contributed by atoms with Gasteiger partial charge in [-0.15, -0.1) is 0 Å². The summed E-state index contributed by atoms with van der Waals surface area (Å²) in [6.07, 6.45) is 4.59. The van der Waals surface area contributed by atoms with E-state index in [0.29, 0.717) is 42.4 Å². The molecule has 0 radical (unpaired) electrons. The zero-order valence-corrected chi connectivity index (χ0v) is 18.8. The number of methoxy groups -OCH3 is 1. The maximum Gasteiger partial charge on any atom is 0.343 e. The van der Waals surface area contributed by atoms with Crippen LogP contribution in [-0.4, -0.2) is 54.3 Å². The number of aliphatic hydroxyl groups excluding tert-OH is 2. The molecule has 0 saturated heterocycles. The number of ether oxygens (including phenoxy) is 4. The van der Waals surface area contributed by atoms with Crippen LogP contribution in [0.2, 0.25) is 0 Å². The summed E-state index contributed by atoms with van der Waals surface area (Å²) >= 11 is 0. The van der Waals surface area contributed by atoms with Crippen molar-refractivity contribution < 1.29 is 34.0 Å². The van der Waals surface area contributed by atoms with Crippen molar-refractivity contribution in [1.82, 2.24) is 0 Å². The lowest BCUT2D eigenvalue weighted by molar-refractivity contribution is -0.143. The maximum absolute atomic E-state index is 11.4. The van der Waals surface area contributed by atoms with Gasteiger partial charge in [-0.1, -0.05) is 39.2 Å². The molecule has 0 amide bonds. The summed E-state index contributed by atoms with van der Waals surface area (Å²) in [7, 11) is 1.30. The molecule has 0 spiro atoms. The fourth-order valence-corrected chi connectivity index (χ4v) is 4.63. The van der Waals surface area contributed by atoms with Crippen molar-refractivity contribution in [1.29, 1.82) is 0 Å². The summed E-state index contributed by atoms with van der Waals surface area (Å²) < 4.78 is 22.5. The second-order valence-electron chi connectivity index (χ2n) is 8.87. The molecule has 1 saturated carbocycles. The van der Waals surface area contributed by atoms with E-state index in [1.165, 1.54) is 20.0 Å². The molecule has 6 atom stereocenters. The number of aliphatic hydroxyl groups is 2. The Hall–Kier alpha value is -1.99. The van der Waals surface area contributed by atoms with Gasteiger partial charge >= 0.3 is 5.97 Å². The summed E-state index contributed by atoms with van der Waals surface area (Å²) in [4.78, 5) is 11.4. The Morgan fingerprint density at radius 2 is 2.10 bits per heavy atom. The fourth-order valence-electron chi connectivity index (χ4n) is 4.63. The molecule has 1 aliphatic carbocycles. The van der Waals surface area contributed by atoms with Crippen molar-refractivity contribution in [3.63, 3.8) is 0 Å². The van der Waals surface area contributed by atoms with Crippen LogP contribution in [0, 0.1) is 11.8 Å². The molecule has 2 N–H and O–H groups in total. The third-order valence-corrected chi connectivity index (χ3v) is 6.36. The first-order valence-corrected chi connectivity index (χ1v) is 11.4. The normalized spacial score (nSPS) is 26.1. The van der Waals surface area contributed by atoms with Crippen LogP contribution in [0.5, 0.6) is 17.2 Å². The summed E-state index contributed by atoms with van der Waals surface area (Å²) in [5, 5.41) is 21.1. The number of esters is 1. The van der Waals surface area contributed by atoms with Gasteiger partial charge in [0.25, 0.3) is 0 Å². The van der Waals surface area contributed by atoms with Gasteiger partial charge in [0, 0.05) is 12.3 Å². The smallest absolute Gasteiger partial charge is 0.343 e. The number of carbonyl (C=O) groups is 1. The molecule has 3 rings (SSSR count). The summed E-state index contributed by atoms with van der Waals surface area (Å²) in [5.74, 6) is 1.32. The molecule has 1 aromatic carbocycles. The van der Waals surface area contributed by atoms with E-state index in [-0.39, 0.29) is 30.8 Å². The van der Waals surface area contributed by atoms with Crippen LogP contribution in [0.3, 0.4) is 0 Å². The monoisotopic (exact) mass is 436 g/mol. The number of hydrogen-bond donors (Lipinski definition) is 2. The lowest BCUT2D eigenvalue weighted by Gasteiger charge is -2.33. The third kappa shape index (κ3) is 6.04. The van der Waals surface area contributed by atoms with E-state index < -0.39 is 12.1 Å². The van der Waals surface area contributed by atoms with Crippen LogP contribution >= 0.6 is 0 Å². The summed E-state index contributed by atoms with van der Waals surface area (Å²) in [5.41, 5.74) is 0. The average molecular weight is 437 g/mol. The van der Waals surface area contributed by atoms with E-state index in [9.17, 15) is 15.0 Å². The highest BCUT2D eigenvalue weighted by Crippen LogP contribution is 2.47. The molecular formula is C24H36O7. The SMILES string of the molecule is CCCCC(C)CC(O)CCC1C(O)CC2Oc3c(OCC(=O)OC)cccc3OC21. The zero-order chi connectivity index (χ0) is 22.4. The standard InChI is InChI=1S/C24H36O7/c1-4-5-7-15(2)12-16(25)10-11-17-18(26)13-21-23(17)30-20-9-6-8-19(24(20)31-21)29-14-22(27)28-3/h6,8-9,15-18,21,23,25-26H,4-5,7,10-14H2,1-3H3. The van der Waals surface area contributed by atoms with Crippen LogP contribution in [-0.2, 0) is 9.53 Å². The number of unbranched alkanes of at least 4 members (excludes halogenated alkanes) is 1. The highest BCUT2D eigenvalue weighted by Gasteiger charge is 2.48. The van der Waals surface area contributed by atoms with E-state index in [0.717, 1.165) is 12.8 Å². The minimum absolute atomic E-state index is 0.0987. The number of hydrogen-bond acceptors (Lipinski definition) is 7. The van der Waals surface area contributed by atoms with E-state index in [4.69, 9.17) is 14.2 Å². The van der Waals surface area contributed by atoms with E-state index in [1.807, 2.05) is 0 Å². The second kappa shape index (κ2) is 11.0.